The number of oxazole rings is 1. The molecule has 4 aromatic carbocycles. The summed E-state index contributed by atoms with van der Waals surface area (Å²) in [5.41, 5.74) is 5.53. The number of hydrogen-bond acceptors (Lipinski definition) is 5. The van der Waals surface area contributed by atoms with Gasteiger partial charge in [0, 0.05) is 17.7 Å². The summed E-state index contributed by atoms with van der Waals surface area (Å²) in [5.74, 6) is 1.24. The highest BCUT2D eigenvalue weighted by Gasteiger charge is 2.10. The number of ether oxygens (including phenoxy) is 1. The molecular formula is C26H18N2O4. The van der Waals surface area contributed by atoms with Gasteiger partial charge in [0.15, 0.2) is 5.58 Å². The minimum atomic E-state index is -0.419. The molecule has 0 saturated carbocycles. The van der Waals surface area contributed by atoms with Crippen LogP contribution in [0.4, 0.5) is 5.69 Å². The Morgan fingerprint density at radius 3 is 2.25 bits per heavy atom. The van der Waals surface area contributed by atoms with Gasteiger partial charge in [-0.25, -0.2) is 4.98 Å². The number of non-ortho nitro benzene ring substituents is 1. The number of nitro benzene ring substituents is 1. The number of aromatic nitrogens is 1. The van der Waals surface area contributed by atoms with Crippen LogP contribution in [-0.4, -0.2) is 9.91 Å². The van der Waals surface area contributed by atoms with Crippen molar-refractivity contribution in [1.29, 1.82) is 0 Å². The maximum atomic E-state index is 10.7. The summed E-state index contributed by atoms with van der Waals surface area (Å²) in [6.45, 7) is 0.322. The molecule has 1 heterocycles. The number of hydrogen-bond donors (Lipinski definition) is 0. The van der Waals surface area contributed by atoms with Crippen LogP contribution in [0.15, 0.2) is 101 Å². The van der Waals surface area contributed by atoms with Crippen LogP contribution in [-0.2, 0) is 6.61 Å². The summed E-state index contributed by atoms with van der Waals surface area (Å²) in [7, 11) is 0. The van der Waals surface area contributed by atoms with E-state index in [2.05, 4.69) is 17.1 Å². The Kier molecular flexibility index (Phi) is 5.09. The van der Waals surface area contributed by atoms with Crippen molar-refractivity contribution in [2.24, 2.45) is 0 Å². The van der Waals surface area contributed by atoms with Crippen LogP contribution in [0.2, 0.25) is 0 Å². The van der Waals surface area contributed by atoms with Crippen molar-refractivity contribution in [1.82, 2.24) is 4.98 Å². The van der Waals surface area contributed by atoms with Crippen molar-refractivity contribution in [3.63, 3.8) is 0 Å². The molecule has 6 nitrogen and oxygen atoms in total. The van der Waals surface area contributed by atoms with Crippen molar-refractivity contribution in [2.45, 2.75) is 6.61 Å². The molecule has 0 spiro atoms. The third-order valence-electron chi connectivity index (χ3n) is 5.15. The van der Waals surface area contributed by atoms with Crippen molar-refractivity contribution in [3.05, 3.63) is 113 Å². The topological polar surface area (TPSA) is 78.4 Å². The number of rotatable bonds is 6. The molecule has 5 aromatic rings. The fraction of sp³-hybridized carbons (Fsp3) is 0.0385. The molecule has 5 rings (SSSR count). The lowest BCUT2D eigenvalue weighted by Gasteiger charge is -2.06. The Bertz CT molecular complexity index is 1380. The van der Waals surface area contributed by atoms with Gasteiger partial charge in [-0.2, -0.15) is 0 Å². The summed E-state index contributed by atoms with van der Waals surface area (Å²) in [4.78, 5) is 15.0. The van der Waals surface area contributed by atoms with Crippen LogP contribution in [0.1, 0.15) is 5.56 Å². The van der Waals surface area contributed by atoms with Gasteiger partial charge in [-0.3, -0.25) is 10.1 Å². The maximum Gasteiger partial charge on any atom is 0.269 e. The van der Waals surface area contributed by atoms with E-state index in [1.165, 1.54) is 12.1 Å². The molecule has 0 radical (unpaired) electrons. The Labute approximate surface area is 183 Å². The molecule has 156 valence electrons. The summed E-state index contributed by atoms with van der Waals surface area (Å²) in [6, 6.07) is 30.0. The number of benzene rings is 4. The van der Waals surface area contributed by atoms with E-state index in [1.807, 2.05) is 60.7 Å². The SMILES string of the molecule is O=[N+]([O-])c1ccc(COc2ccc(-c3nc4cc(-c5ccccc5)ccc4o3)cc2)cc1. The molecule has 0 bridgehead atoms. The van der Waals surface area contributed by atoms with Crippen LogP contribution in [0, 0.1) is 10.1 Å². The molecule has 32 heavy (non-hydrogen) atoms. The van der Waals surface area contributed by atoms with Gasteiger partial charge >= 0.3 is 0 Å². The first-order chi connectivity index (χ1) is 15.7. The van der Waals surface area contributed by atoms with Crippen LogP contribution < -0.4 is 4.74 Å². The second-order valence-corrected chi connectivity index (χ2v) is 7.30. The molecule has 0 amide bonds. The molecule has 0 atom stereocenters. The van der Waals surface area contributed by atoms with Crippen molar-refractivity contribution >= 4 is 16.8 Å². The fourth-order valence-corrected chi connectivity index (χ4v) is 3.44. The zero-order chi connectivity index (χ0) is 21.9. The summed E-state index contributed by atoms with van der Waals surface area (Å²) in [5, 5.41) is 10.7. The van der Waals surface area contributed by atoms with Gasteiger partial charge in [0.25, 0.3) is 5.69 Å². The average Bonchev–Trinajstić information content (AvgIpc) is 3.27. The van der Waals surface area contributed by atoms with Gasteiger partial charge in [-0.15, -0.1) is 0 Å². The van der Waals surface area contributed by atoms with Crippen LogP contribution in [0.5, 0.6) is 5.75 Å². The van der Waals surface area contributed by atoms with E-state index in [1.54, 1.807) is 12.1 Å². The van der Waals surface area contributed by atoms with E-state index in [-0.39, 0.29) is 5.69 Å². The normalized spacial score (nSPS) is 10.9. The summed E-state index contributed by atoms with van der Waals surface area (Å²) >= 11 is 0. The van der Waals surface area contributed by atoms with Crippen molar-refractivity contribution in [2.75, 3.05) is 0 Å². The lowest BCUT2D eigenvalue weighted by molar-refractivity contribution is -0.384. The highest BCUT2D eigenvalue weighted by molar-refractivity contribution is 5.82. The third kappa shape index (κ3) is 4.06. The molecule has 0 fully saturated rings. The zero-order valence-electron chi connectivity index (χ0n) is 17.0. The lowest BCUT2D eigenvalue weighted by atomic mass is 10.1. The van der Waals surface area contributed by atoms with Crippen molar-refractivity contribution < 1.29 is 14.1 Å². The quantitative estimate of drug-likeness (QED) is 0.226. The Morgan fingerprint density at radius 1 is 0.812 bits per heavy atom. The molecule has 0 unspecified atom stereocenters. The fourth-order valence-electron chi connectivity index (χ4n) is 3.44. The van der Waals surface area contributed by atoms with Gasteiger partial charge in [-0.1, -0.05) is 36.4 Å². The van der Waals surface area contributed by atoms with Crippen LogP contribution >= 0.6 is 0 Å². The molecule has 1 aromatic heterocycles. The van der Waals surface area contributed by atoms with E-state index < -0.39 is 4.92 Å². The van der Waals surface area contributed by atoms with Gasteiger partial charge in [0.2, 0.25) is 5.89 Å². The predicted octanol–water partition coefficient (Wildman–Crippen LogP) is 6.65. The molecular weight excluding hydrogens is 404 g/mol. The summed E-state index contributed by atoms with van der Waals surface area (Å²) in [6.07, 6.45) is 0. The van der Waals surface area contributed by atoms with Gasteiger partial charge in [-0.05, 0) is 65.2 Å². The molecule has 6 heteroatoms. The van der Waals surface area contributed by atoms with E-state index in [9.17, 15) is 10.1 Å². The Morgan fingerprint density at radius 2 is 1.53 bits per heavy atom. The molecule has 0 aliphatic carbocycles. The van der Waals surface area contributed by atoms with Gasteiger partial charge in [0.05, 0.1) is 4.92 Å². The average molecular weight is 422 g/mol. The molecule has 0 N–H and O–H groups in total. The number of nitrogens with zero attached hydrogens (tertiary/aromatic N) is 2. The first-order valence-corrected chi connectivity index (χ1v) is 10.1. The lowest BCUT2D eigenvalue weighted by Crippen LogP contribution is -1.96. The van der Waals surface area contributed by atoms with E-state index in [4.69, 9.17) is 9.15 Å². The second kappa shape index (κ2) is 8.35. The summed E-state index contributed by atoms with van der Waals surface area (Å²) < 4.78 is 11.7. The van der Waals surface area contributed by atoms with Crippen LogP contribution in [0.3, 0.4) is 0 Å². The first kappa shape index (κ1) is 19.5. The number of fused-ring (bicyclic) bond motifs is 1. The zero-order valence-corrected chi connectivity index (χ0v) is 17.0. The monoisotopic (exact) mass is 422 g/mol. The van der Waals surface area contributed by atoms with Crippen molar-refractivity contribution in [3.8, 4) is 28.3 Å². The largest absolute Gasteiger partial charge is 0.489 e. The maximum absolute atomic E-state index is 10.7. The standard InChI is InChI=1S/C26H18N2O4/c29-28(30)22-11-6-18(7-12-22)17-31-23-13-8-20(9-14-23)26-27-24-16-21(10-15-25(24)32-26)19-4-2-1-3-5-19/h1-16H,17H2. The first-order valence-electron chi connectivity index (χ1n) is 10.1. The van der Waals surface area contributed by atoms with E-state index in [0.717, 1.165) is 33.4 Å². The second-order valence-electron chi connectivity index (χ2n) is 7.30. The third-order valence-corrected chi connectivity index (χ3v) is 5.15. The van der Waals surface area contributed by atoms with Gasteiger partial charge in [0.1, 0.15) is 17.9 Å². The Balaban J connectivity index is 1.30. The predicted molar refractivity (Wildman–Crippen MR) is 122 cm³/mol. The Hall–Kier alpha value is -4.45. The highest BCUT2D eigenvalue weighted by atomic mass is 16.6. The molecule has 0 aliphatic rings. The van der Waals surface area contributed by atoms with E-state index in [0.29, 0.717) is 18.2 Å². The number of nitro groups is 1. The minimum Gasteiger partial charge on any atom is -0.489 e. The molecule has 0 aliphatic heterocycles. The minimum absolute atomic E-state index is 0.0623. The van der Waals surface area contributed by atoms with Gasteiger partial charge < -0.3 is 9.15 Å². The smallest absolute Gasteiger partial charge is 0.269 e. The molecule has 0 saturated heterocycles. The highest BCUT2D eigenvalue weighted by Crippen LogP contribution is 2.29. The van der Waals surface area contributed by atoms with E-state index >= 15 is 0 Å². The van der Waals surface area contributed by atoms with Crippen LogP contribution in [0.25, 0.3) is 33.7 Å².